The number of methoxy groups -OCH3 is 1. The predicted molar refractivity (Wildman–Crippen MR) is 128 cm³/mol. The summed E-state index contributed by atoms with van der Waals surface area (Å²) in [6.07, 6.45) is 2.22. The van der Waals surface area contributed by atoms with Crippen LogP contribution in [0.5, 0.6) is 0 Å². The second kappa shape index (κ2) is 10.2. The van der Waals surface area contributed by atoms with Crippen LogP contribution in [0.15, 0.2) is 85.5 Å². The number of allylic oxidation sites excluding steroid dienone is 1. The molecule has 0 bridgehead atoms. The highest BCUT2D eigenvalue weighted by Gasteiger charge is 2.30. The third kappa shape index (κ3) is 4.98. The highest BCUT2D eigenvalue weighted by atomic mass is 16.6. The summed E-state index contributed by atoms with van der Waals surface area (Å²) in [5.74, 6) is -0.562. The maximum absolute atomic E-state index is 12.7. The fourth-order valence-electron chi connectivity index (χ4n) is 4.40. The lowest BCUT2D eigenvalue weighted by molar-refractivity contribution is -0.143. The third-order valence-electron chi connectivity index (χ3n) is 5.93. The Kier molecular flexibility index (Phi) is 6.89. The fourth-order valence-corrected chi connectivity index (χ4v) is 4.40. The van der Waals surface area contributed by atoms with E-state index < -0.39 is 18.1 Å². The molecule has 0 unspecified atom stereocenters. The van der Waals surface area contributed by atoms with Gasteiger partial charge in [0.2, 0.25) is 0 Å². The van der Waals surface area contributed by atoms with Gasteiger partial charge in [-0.15, -0.1) is 6.58 Å². The first kappa shape index (κ1) is 22.3. The monoisotopic (exact) mass is 441 g/mol. The molecule has 0 saturated carbocycles. The van der Waals surface area contributed by atoms with E-state index in [0.29, 0.717) is 6.42 Å². The summed E-state index contributed by atoms with van der Waals surface area (Å²) in [7, 11) is 1.31. The number of rotatable bonds is 8. The molecule has 1 amide bonds. The number of hydrogen-bond donors (Lipinski definition) is 1. The van der Waals surface area contributed by atoms with E-state index >= 15 is 0 Å². The van der Waals surface area contributed by atoms with Crippen molar-refractivity contribution in [2.75, 3.05) is 13.7 Å². The van der Waals surface area contributed by atoms with E-state index in [-0.39, 0.29) is 12.5 Å². The molecule has 33 heavy (non-hydrogen) atoms. The van der Waals surface area contributed by atoms with Crippen LogP contribution in [0.25, 0.3) is 11.1 Å². The molecule has 3 aromatic carbocycles. The SMILES string of the molecule is C=CCc1cccc(C[C@H](NC(=O)OCC2c3ccccc3-c3ccccc32)C(=O)OC)c1. The molecule has 0 spiro atoms. The van der Waals surface area contributed by atoms with Crippen LogP contribution in [0.1, 0.15) is 28.2 Å². The van der Waals surface area contributed by atoms with Crippen molar-refractivity contribution in [2.24, 2.45) is 0 Å². The Balaban J connectivity index is 1.44. The van der Waals surface area contributed by atoms with E-state index in [1.54, 1.807) is 0 Å². The molecule has 0 saturated heterocycles. The lowest BCUT2D eigenvalue weighted by Gasteiger charge is -2.19. The van der Waals surface area contributed by atoms with E-state index in [2.05, 4.69) is 36.2 Å². The van der Waals surface area contributed by atoms with Crippen LogP contribution in [0.4, 0.5) is 4.79 Å². The number of nitrogens with one attached hydrogen (secondary N) is 1. The average Bonchev–Trinajstić information content (AvgIpc) is 3.16. The Hall–Kier alpha value is -3.86. The lowest BCUT2D eigenvalue weighted by atomic mass is 9.98. The lowest BCUT2D eigenvalue weighted by Crippen LogP contribution is -2.43. The smallest absolute Gasteiger partial charge is 0.407 e. The molecular weight excluding hydrogens is 414 g/mol. The number of ether oxygens (including phenoxy) is 2. The van der Waals surface area contributed by atoms with E-state index in [1.165, 1.54) is 7.11 Å². The van der Waals surface area contributed by atoms with Crippen LogP contribution in [0, 0.1) is 0 Å². The Bertz CT molecular complexity index is 1120. The first-order valence-electron chi connectivity index (χ1n) is 11.0. The quantitative estimate of drug-likeness (QED) is 0.393. The van der Waals surface area contributed by atoms with Crippen molar-refractivity contribution in [3.63, 3.8) is 0 Å². The zero-order chi connectivity index (χ0) is 23.2. The molecular formula is C28H27NO4. The maximum Gasteiger partial charge on any atom is 0.407 e. The minimum absolute atomic E-state index is 0.0460. The van der Waals surface area contributed by atoms with Gasteiger partial charge in [0.25, 0.3) is 0 Å². The van der Waals surface area contributed by atoms with Gasteiger partial charge in [0.05, 0.1) is 7.11 Å². The first-order chi connectivity index (χ1) is 16.1. The van der Waals surface area contributed by atoms with Crippen molar-refractivity contribution >= 4 is 12.1 Å². The van der Waals surface area contributed by atoms with E-state index in [1.807, 2.05) is 54.6 Å². The Labute approximate surface area is 194 Å². The summed E-state index contributed by atoms with van der Waals surface area (Å²) in [5.41, 5.74) is 6.60. The molecule has 5 nitrogen and oxygen atoms in total. The maximum atomic E-state index is 12.7. The number of benzene rings is 3. The van der Waals surface area contributed by atoms with Crippen LogP contribution >= 0.6 is 0 Å². The molecule has 5 heteroatoms. The number of alkyl carbamates (subject to hydrolysis) is 1. The molecule has 3 aromatic rings. The van der Waals surface area contributed by atoms with Crippen molar-refractivity contribution < 1.29 is 19.1 Å². The zero-order valence-electron chi connectivity index (χ0n) is 18.6. The van der Waals surface area contributed by atoms with Gasteiger partial charge in [-0.05, 0) is 39.8 Å². The van der Waals surface area contributed by atoms with Crippen LogP contribution in [-0.4, -0.2) is 31.8 Å². The van der Waals surface area contributed by atoms with Crippen molar-refractivity contribution in [1.82, 2.24) is 5.32 Å². The van der Waals surface area contributed by atoms with Crippen molar-refractivity contribution in [3.8, 4) is 11.1 Å². The summed E-state index contributed by atoms with van der Waals surface area (Å²) < 4.78 is 10.5. The fraction of sp³-hybridized carbons (Fsp3) is 0.214. The van der Waals surface area contributed by atoms with Gasteiger partial charge in [-0.3, -0.25) is 0 Å². The van der Waals surface area contributed by atoms with Crippen molar-refractivity contribution in [3.05, 3.63) is 108 Å². The van der Waals surface area contributed by atoms with E-state index in [0.717, 1.165) is 39.8 Å². The van der Waals surface area contributed by atoms with Crippen LogP contribution < -0.4 is 5.32 Å². The third-order valence-corrected chi connectivity index (χ3v) is 5.93. The predicted octanol–water partition coefficient (Wildman–Crippen LogP) is 5.04. The van der Waals surface area contributed by atoms with Crippen molar-refractivity contribution in [1.29, 1.82) is 0 Å². The van der Waals surface area contributed by atoms with Crippen LogP contribution in [0.3, 0.4) is 0 Å². The molecule has 0 radical (unpaired) electrons. The van der Waals surface area contributed by atoms with Crippen LogP contribution in [0.2, 0.25) is 0 Å². The molecule has 0 aromatic heterocycles. The average molecular weight is 442 g/mol. The minimum Gasteiger partial charge on any atom is -0.467 e. The zero-order valence-corrected chi connectivity index (χ0v) is 18.6. The number of hydrogen-bond acceptors (Lipinski definition) is 4. The second-order valence-electron chi connectivity index (χ2n) is 8.06. The largest absolute Gasteiger partial charge is 0.467 e. The second-order valence-corrected chi connectivity index (χ2v) is 8.06. The molecule has 1 atom stereocenters. The highest BCUT2D eigenvalue weighted by molar-refractivity contribution is 5.82. The Morgan fingerprint density at radius 3 is 2.24 bits per heavy atom. The van der Waals surface area contributed by atoms with E-state index in [9.17, 15) is 9.59 Å². The minimum atomic E-state index is -0.843. The first-order valence-corrected chi connectivity index (χ1v) is 11.0. The van der Waals surface area contributed by atoms with Gasteiger partial charge in [0.1, 0.15) is 12.6 Å². The van der Waals surface area contributed by atoms with Gasteiger partial charge in [0, 0.05) is 12.3 Å². The van der Waals surface area contributed by atoms with Gasteiger partial charge >= 0.3 is 12.1 Å². The van der Waals surface area contributed by atoms with Gasteiger partial charge in [0.15, 0.2) is 0 Å². The van der Waals surface area contributed by atoms with Gasteiger partial charge < -0.3 is 14.8 Å². The standard InChI is InChI=1S/C28H27NO4/c1-3-9-19-10-8-11-20(16-19)17-26(27(30)32-2)29-28(31)33-18-25-23-14-6-4-12-21(23)22-13-5-7-15-24(22)25/h3-8,10-16,25-26H,1,9,17-18H2,2H3,(H,29,31)/t26-/m0/s1. The number of fused-ring (bicyclic) bond motifs is 3. The molecule has 4 rings (SSSR count). The summed E-state index contributed by atoms with van der Waals surface area (Å²) in [6, 6.07) is 23.3. The van der Waals surface area contributed by atoms with Gasteiger partial charge in [-0.1, -0.05) is 78.9 Å². The van der Waals surface area contributed by atoms with Crippen LogP contribution in [-0.2, 0) is 27.1 Å². The molecule has 0 heterocycles. The topological polar surface area (TPSA) is 64.6 Å². The molecule has 0 fully saturated rings. The summed E-state index contributed by atoms with van der Waals surface area (Å²) in [5, 5.41) is 2.68. The number of carbonyl (C=O) groups is 2. The van der Waals surface area contributed by atoms with E-state index in [4.69, 9.17) is 9.47 Å². The molecule has 1 aliphatic carbocycles. The van der Waals surface area contributed by atoms with Gasteiger partial charge in [-0.2, -0.15) is 0 Å². The summed E-state index contributed by atoms with van der Waals surface area (Å²) in [4.78, 5) is 25.0. The molecule has 168 valence electrons. The molecule has 1 N–H and O–H groups in total. The summed E-state index contributed by atoms with van der Waals surface area (Å²) >= 11 is 0. The van der Waals surface area contributed by atoms with Crippen molar-refractivity contribution in [2.45, 2.75) is 24.8 Å². The normalized spacial score (nSPS) is 12.9. The number of carbonyl (C=O) groups excluding carboxylic acids is 2. The Morgan fingerprint density at radius 2 is 1.61 bits per heavy atom. The highest BCUT2D eigenvalue weighted by Crippen LogP contribution is 2.44. The Morgan fingerprint density at radius 1 is 0.970 bits per heavy atom. The summed E-state index contributed by atoms with van der Waals surface area (Å²) in [6.45, 7) is 3.94. The number of amides is 1. The number of esters is 1. The molecule has 1 aliphatic rings. The molecule has 0 aliphatic heterocycles. The van der Waals surface area contributed by atoms with Gasteiger partial charge in [-0.25, -0.2) is 9.59 Å².